The van der Waals surface area contributed by atoms with E-state index in [1.165, 1.54) is 5.56 Å². The van der Waals surface area contributed by atoms with Gasteiger partial charge in [-0.2, -0.15) is 0 Å². The lowest BCUT2D eigenvalue weighted by Crippen LogP contribution is -2.57. The van der Waals surface area contributed by atoms with E-state index in [1.54, 1.807) is 4.90 Å². The van der Waals surface area contributed by atoms with Crippen molar-refractivity contribution in [3.8, 4) is 0 Å². The van der Waals surface area contributed by atoms with Gasteiger partial charge < -0.3 is 14.5 Å². The minimum Gasteiger partial charge on any atom is -0.379 e. The Labute approximate surface area is 138 Å². The molecule has 0 radical (unpaired) electrons. The van der Waals surface area contributed by atoms with Crippen LogP contribution in [-0.2, 0) is 10.3 Å². The smallest absolute Gasteiger partial charge is 0.319 e. The van der Waals surface area contributed by atoms with Crippen LogP contribution in [0, 0.1) is 0 Å². The van der Waals surface area contributed by atoms with Gasteiger partial charge in [0.05, 0.1) is 13.2 Å². The van der Waals surface area contributed by atoms with Gasteiger partial charge in [0, 0.05) is 45.8 Å². The van der Waals surface area contributed by atoms with Crippen LogP contribution in [0.25, 0.3) is 0 Å². The van der Waals surface area contributed by atoms with Gasteiger partial charge in [-0.3, -0.25) is 4.90 Å². The van der Waals surface area contributed by atoms with Crippen LogP contribution in [0.3, 0.4) is 0 Å². The summed E-state index contributed by atoms with van der Waals surface area (Å²) in [7, 11) is 3.65. The molecule has 2 saturated heterocycles. The zero-order valence-corrected chi connectivity index (χ0v) is 14.2. The standard InChI is InChI=1S/C18H27N3O2/c1-19(2)17(22)20-10-8-18(9-11-20,16-6-4-3-5-7-16)21-12-14-23-15-13-21/h3-7H,8-15H2,1-2H3. The molecular formula is C18H27N3O2. The van der Waals surface area contributed by atoms with E-state index in [-0.39, 0.29) is 11.6 Å². The van der Waals surface area contributed by atoms with Crippen LogP contribution in [0.2, 0.25) is 0 Å². The molecule has 2 amide bonds. The molecule has 126 valence electrons. The first-order valence-electron chi connectivity index (χ1n) is 8.48. The third-order valence-corrected chi connectivity index (χ3v) is 5.17. The average Bonchev–Trinajstić information content (AvgIpc) is 2.62. The predicted octanol–water partition coefficient (Wildman–Crippen LogP) is 1.99. The van der Waals surface area contributed by atoms with E-state index in [0.717, 1.165) is 52.2 Å². The number of amides is 2. The Hall–Kier alpha value is -1.59. The third-order valence-electron chi connectivity index (χ3n) is 5.17. The number of rotatable bonds is 2. The number of hydrogen-bond acceptors (Lipinski definition) is 3. The van der Waals surface area contributed by atoms with Gasteiger partial charge in [-0.1, -0.05) is 30.3 Å². The van der Waals surface area contributed by atoms with Gasteiger partial charge in [0.2, 0.25) is 0 Å². The Kier molecular flexibility index (Phi) is 4.87. The van der Waals surface area contributed by atoms with Crippen LogP contribution in [0.1, 0.15) is 18.4 Å². The maximum Gasteiger partial charge on any atom is 0.319 e. The molecule has 5 heteroatoms. The lowest BCUT2D eigenvalue weighted by molar-refractivity contribution is -0.0476. The summed E-state index contributed by atoms with van der Waals surface area (Å²) in [5, 5.41) is 0. The topological polar surface area (TPSA) is 36.0 Å². The van der Waals surface area contributed by atoms with Gasteiger partial charge in [0.25, 0.3) is 0 Å². The Morgan fingerprint density at radius 2 is 1.65 bits per heavy atom. The van der Waals surface area contributed by atoms with Crippen LogP contribution in [0.5, 0.6) is 0 Å². The Balaban J connectivity index is 1.82. The number of hydrogen-bond donors (Lipinski definition) is 0. The Morgan fingerprint density at radius 1 is 1.04 bits per heavy atom. The van der Waals surface area contributed by atoms with Gasteiger partial charge >= 0.3 is 6.03 Å². The maximum atomic E-state index is 12.2. The van der Waals surface area contributed by atoms with Gasteiger partial charge in [-0.25, -0.2) is 4.79 Å². The zero-order valence-electron chi connectivity index (χ0n) is 14.2. The zero-order chi connectivity index (χ0) is 16.3. The summed E-state index contributed by atoms with van der Waals surface area (Å²) in [5.74, 6) is 0. The largest absolute Gasteiger partial charge is 0.379 e. The average molecular weight is 317 g/mol. The fourth-order valence-electron chi connectivity index (χ4n) is 3.88. The second-order valence-corrected chi connectivity index (χ2v) is 6.66. The fraction of sp³-hybridized carbons (Fsp3) is 0.611. The lowest BCUT2D eigenvalue weighted by atomic mass is 9.79. The number of piperidine rings is 1. The van der Waals surface area contributed by atoms with Crippen LogP contribution in [0.15, 0.2) is 30.3 Å². The van der Waals surface area contributed by atoms with E-state index in [4.69, 9.17) is 4.74 Å². The molecule has 0 atom stereocenters. The summed E-state index contributed by atoms with van der Waals surface area (Å²) in [6.45, 7) is 5.16. The SMILES string of the molecule is CN(C)C(=O)N1CCC(c2ccccc2)(N2CCOCC2)CC1. The number of likely N-dealkylation sites (tertiary alicyclic amines) is 1. The number of morpholine rings is 1. The summed E-state index contributed by atoms with van der Waals surface area (Å²) in [5.41, 5.74) is 1.41. The van der Waals surface area contributed by atoms with Gasteiger partial charge in [-0.15, -0.1) is 0 Å². The summed E-state index contributed by atoms with van der Waals surface area (Å²) in [6, 6.07) is 10.9. The van der Waals surface area contributed by atoms with Crippen molar-refractivity contribution in [1.29, 1.82) is 0 Å². The molecule has 0 spiro atoms. The number of carbonyl (C=O) groups excluding carboxylic acids is 1. The van der Waals surface area contributed by atoms with Gasteiger partial charge in [-0.05, 0) is 18.4 Å². The molecule has 0 saturated carbocycles. The molecule has 0 aromatic heterocycles. The van der Waals surface area contributed by atoms with E-state index >= 15 is 0 Å². The van der Waals surface area contributed by atoms with Gasteiger partial charge in [0.15, 0.2) is 0 Å². The molecule has 5 nitrogen and oxygen atoms in total. The van der Waals surface area contributed by atoms with Crippen molar-refractivity contribution in [3.05, 3.63) is 35.9 Å². The van der Waals surface area contributed by atoms with Crippen LogP contribution in [0.4, 0.5) is 4.79 Å². The summed E-state index contributed by atoms with van der Waals surface area (Å²) < 4.78 is 5.55. The highest BCUT2D eigenvalue weighted by molar-refractivity contribution is 5.74. The number of nitrogens with zero attached hydrogens (tertiary/aromatic N) is 3. The van der Waals surface area contributed by atoms with Crippen molar-refractivity contribution in [2.45, 2.75) is 18.4 Å². The van der Waals surface area contributed by atoms with Crippen molar-refractivity contribution in [3.63, 3.8) is 0 Å². The van der Waals surface area contributed by atoms with E-state index in [9.17, 15) is 4.79 Å². The predicted molar refractivity (Wildman–Crippen MR) is 90.4 cm³/mol. The van der Waals surface area contributed by atoms with Crippen molar-refractivity contribution < 1.29 is 9.53 Å². The quantitative estimate of drug-likeness (QED) is 0.837. The number of urea groups is 1. The van der Waals surface area contributed by atoms with Crippen molar-refractivity contribution in [2.75, 3.05) is 53.5 Å². The van der Waals surface area contributed by atoms with E-state index in [2.05, 4.69) is 35.2 Å². The molecule has 1 aromatic rings. The molecule has 3 rings (SSSR count). The number of ether oxygens (including phenoxy) is 1. The highest BCUT2D eigenvalue weighted by Gasteiger charge is 2.42. The molecule has 2 fully saturated rings. The maximum absolute atomic E-state index is 12.2. The molecule has 0 N–H and O–H groups in total. The number of carbonyl (C=O) groups is 1. The first-order valence-corrected chi connectivity index (χ1v) is 8.48. The summed E-state index contributed by atoms with van der Waals surface area (Å²) >= 11 is 0. The monoisotopic (exact) mass is 317 g/mol. The Morgan fingerprint density at radius 3 is 2.22 bits per heavy atom. The Bertz CT molecular complexity index is 518. The van der Waals surface area contributed by atoms with Crippen molar-refractivity contribution in [2.24, 2.45) is 0 Å². The third kappa shape index (κ3) is 3.21. The summed E-state index contributed by atoms with van der Waals surface area (Å²) in [6.07, 6.45) is 1.97. The second-order valence-electron chi connectivity index (χ2n) is 6.66. The number of benzene rings is 1. The van der Waals surface area contributed by atoms with Crippen molar-refractivity contribution in [1.82, 2.24) is 14.7 Å². The molecule has 2 heterocycles. The molecule has 0 unspecified atom stereocenters. The van der Waals surface area contributed by atoms with Crippen LogP contribution in [-0.4, -0.2) is 74.2 Å². The van der Waals surface area contributed by atoms with E-state index in [1.807, 2.05) is 19.0 Å². The molecule has 2 aliphatic heterocycles. The summed E-state index contributed by atoms with van der Waals surface area (Å²) in [4.78, 5) is 18.5. The molecule has 23 heavy (non-hydrogen) atoms. The van der Waals surface area contributed by atoms with E-state index in [0.29, 0.717) is 0 Å². The van der Waals surface area contributed by atoms with Crippen molar-refractivity contribution >= 4 is 6.03 Å². The molecular weight excluding hydrogens is 290 g/mol. The highest BCUT2D eigenvalue weighted by Crippen LogP contribution is 2.39. The first-order chi connectivity index (χ1) is 11.1. The second kappa shape index (κ2) is 6.89. The van der Waals surface area contributed by atoms with Crippen LogP contribution < -0.4 is 0 Å². The van der Waals surface area contributed by atoms with Crippen LogP contribution >= 0.6 is 0 Å². The minimum absolute atomic E-state index is 0.0358. The molecule has 1 aromatic carbocycles. The first kappa shape index (κ1) is 16.3. The van der Waals surface area contributed by atoms with Gasteiger partial charge in [0.1, 0.15) is 0 Å². The lowest BCUT2D eigenvalue weighted by Gasteiger charge is -2.50. The fourth-order valence-corrected chi connectivity index (χ4v) is 3.88. The molecule has 2 aliphatic rings. The highest BCUT2D eigenvalue weighted by atomic mass is 16.5. The minimum atomic E-state index is 0.0358. The van der Waals surface area contributed by atoms with E-state index < -0.39 is 0 Å². The molecule has 0 aliphatic carbocycles. The normalized spacial score (nSPS) is 21.9. The molecule has 0 bridgehead atoms.